The van der Waals surface area contributed by atoms with E-state index in [2.05, 4.69) is 12.1 Å². The first-order valence-corrected chi connectivity index (χ1v) is 6.56. The van der Waals surface area contributed by atoms with E-state index in [4.69, 9.17) is 17.3 Å². The van der Waals surface area contributed by atoms with Gasteiger partial charge in [0.15, 0.2) is 0 Å². The Balaban J connectivity index is 2.02. The molecule has 1 saturated carbocycles. The summed E-state index contributed by atoms with van der Waals surface area (Å²) < 4.78 is 0. The zero-order valence-corrected chi connectivity index (χ0v) is 10.6. The van der Waals surface area contributed by atoms with E-state index in [9.17, 15) is 0 Å². The van der Waals surface area contributed by atoms with Crippen LogP contribution in [-0.2, 0) is 0 Å². The molecule has 0 spiro atoms. The van der Waals surface area contributed by atoms with Crippen molar-refractivity contribution in [3.05, 3.63) is 34.3 Å². The quantitative estimate of drug-likeness (QED) is 0.837. The van der Waals surface area contributed by atoms with Crippen LogP contribution in [0.3, 0.4) is 0 Å². The van der Waals surface area contributed by atoms with Crippen molar-refractivity contribution in [1.29, 1.82) is 0 Å². The molecule has 1 aromatic rings. The van der Waals surface area contributed by atoms with Gasteiger partial charge in [-0.2, -0.15) is 0 Å². The van der Waals surface area contributed by atoms with Crippen molar-refractivity contribution in [1.82, 2.24) is 0 Å². The van der Waals surface area contributed by atoms with Gasteiger partial charge in [-0.1, -0.05) is 49.4 Å². The molecule has 2 heteroatoms. The Morgan fingerprint density at radius 1 is 1.38 bits per heavy atom. The highest BCUT2D eigenvalue weighted by Gasteiger charge is 2.19. The van der Waals surface area contributed by atoms with Crippen molar-refractivity contribution in [2.75, 3.05) is 0 Å². The predicted octanol–water partition coefficient (Wildman–Crippen LogP) is 4.23. The minimum atomic E-state index is 0.154. The molecule has 0 aromatic heterocycles. The Kier molecular flexibility index (Phi) is 3.88. The van der Waals surface area contributed by atoms with Crippen LogP contribution in [0, 0.1) is 12.8 Å². The van der Waals surface area contributed by atoms with Crippen LogP contribution in [0.2, 0.25) is 5.02 Å². The third-order valence-electron chi connectivity index (χ3n) is 3.69. The highest BCUT2D eigenvalue weighted by atomic mass is 35.5. The molecule has 0 bridgehead atoms. The molecule has 0 heterocycles. The van der Waals surface area contributed by atoms with E-state index in [0.717, 1.165) is 22.9 Å². The normalized spacial score (nSPS) is 18.9. The van der Waals surface area contributed by atoms with Gasteiger partial charge in [-0.25, -0.2) is 0 Å². The molecule has 16 heavy (non-hydrogen) atoms. The Labute approximate surface area is 103 Å². The molecule has 0 aliphatic heterocycles. The molecule has 88 valence electrons. The average Bonchev–Trinajstić information content (AvgIpc) is 2.74. The molecule has 1 aromatic carbocycles. The van der Waals surface area contributed by atoms with Crippen LogP contribution in [0.4, 0.5) is 0 Å². The number of halogens is 1. The third-order valence-corrected chi connectivity index (χ3v) is 4.09. The lowest BCUT2D eigenvalue weighted by molar-refractivity contribution is 0.451. The van der Waals surface area contributed by atoms with E-state index in [0.29, 0.717) is 0 Å². The lowest BCUT2D eigenvalue weighted by Crippen LogP contribution is -2.14. The summed E-state index contributed by atoms with van der Waals surface area (Å²) >= 11 is 6.12. The third kappa shape index (κ3) is 2.78. The smallest absolute Gasteiger partial charge is 0.0438 e. The van der Waals surface area contributed by atoms with Gasteiger partial charge in [-0.3, -0.25) is 0 Å². The zero-order chi connectivity index (χ0) is 11.5. The summed E-state index contributed by atoms with van der Waals surface area (Å²) in [5, 5.41) is 0.833. The summed E-state index contributed by atoms with van der Waals surface area (Å²) in [6.07, 6.45) is 6.58. The van der Waals surface area contributed by atoms with E-state index >= 15 is 0 Å². The van der Waals surface area contributed by atoms with E-state index in [1.807, 2.05) is 13.0 Å². The fourth-order valence-electron chi connectivity index (χ4n) is 2.58. The number of benzene rings is 1. The van der Waals surface area contributed by atoms with Crippen molar-refractivity contribution < 1.29 is 0 Å². The summed E-state index contributed by atoms with van der Waals surface area (Å²) in [7, 11) is 0. The highest BCUT2D eigenvalue weighted by molar-refractivity contribution is 6.31. The Bertz CT molecular complexity index is 356. The predicted molar refractivity (Wildman–Crippen MR) is 69.7 cm³/mol. The van der Waals surface area contributed by atoms with Crippen molar-refractivity contribution in [2.24, 2.45) is 11.7 Å². The molecule has 0 saturated heterocycles. The number of nitrogens with two attached hydrogens (primary N) is 1. The molecule has 0 amide bonds. The Morgan fingerprint density at radius 3 is 2.69 bits per heavy atom. The van der Waals surface area contributed by atoms with Gasteiger partial charge in [0.1, 0.15) is 0 Å². The molecule has 2 N–H and O–H groups in total. The van der Waals surface area contributed by atoms with Crippen molar-refractivity contribution in [3.63, 3.8) is 0 Å². The molecular formula is C14H20ClN. The highest BCUT2D eigenvalue weighted by Crippen LogP contribution is 2.32. The zero-order valence-electron chi connectivity index (χ0n) is 9.88. The fraction of sp³-hybridized carbons (Fsp3) is 0.571. The van der Waals surface area contributed by atoms with E-state index in [1.165, 1.54) is 31.2 Å². The van der Waals surface area contributed by atoms with Gasteiger partial charge in [0, 0.05) is 11.1 Å². The number of hydrogen-bond acceptors (Lipinski definition) is 1. The van der Waals surface area contributed by atoms with Gasteiger partial charge < -0.3 is 5.73 Å². The molecule has 1 atom stereocenters. The van der Waals surface area contributed by atoms with Gasteiger partial charge in [0.2, 0.25) is 0 Å². The van der Waals surface area contributed by atoms with Crippen molar-refractivity contribution in [3.8, 4) is 0 Å². The molecule has 1 nitrogen and oxygen atoms in total. The topological polar surface area (TPSA) is 26.0 Å². The van der Waals surface area contributed by atoms with Gasteiger partial charge >= 0.3 is 0 Å². The van der Waals surface area contributed by atoms with Crippen LogP contribution >= 0.6 is 11.6 Å². The first kappa shape index (κ1) is 11.9. The summed E-state index contributed by atoms with van der Waals surface area (Å²) in [6.45, 7) is 2.02. The largest absolute Gasteiger partial charge is 0.324 e. The van der Waals surface area contributed by atoms with Crippen LogP contribution in [0.1, 0.15) is 49.3 Å². The van der Waals surface area contributed by atoms with Crippen LogP contribution in [0.25, 0.3) is 0 Å². The lowest BCUT2D eigenvalue weighted by atomic mass is 9.94. The van der Waals surface area contributed by atoms with E-state index in [1.54, 1.807) is 0 Å². The summed E-state index contributed by atoms with van der Waals surface area (Å²) in [6, 6.07) is 6.35. The number of rotatable bonds is 3. The second-order valence-electron chi connectivity index (χ2n) is 5.00. The van der Waals surface area contributed by atoms with Gasteiger partial charge in [0.05, 0.1) is 0 Å². The number of aryl methyl sites for hydroxylation is 1. The van der Waals surface area contributed by atoms with Crippen molar-refractivity contribution in [2.45, 2.75) is 45.1 Å². The first-order chi connectivity index (χ1) is 7.66. The fourth-order valence-corrected chi connectivity index (χ4v) is 2.77. The average molecular weight is 238 g/mol. The lowest BCUT2D eigenvalue weighted by Gasteiger charge is -2.17. The Morgan fingerprint density at radius 2 is 2.06 bits per heavy atom. The van der Waals surface area contributed by atoms with Crippen LogP contribution < -0.4 is 5.73 Å². The standard InChI is InChI=1S/C14H20ClN/c1-10-6-7-12(9-13(10)15)14(16)8-11-4-2-3-5-11/h6-7,9,11,14H,2-5,8,16H2,1H3. The van der Waals surface area contributed by atoms with Crippen molar-refractivity contribution >= 4 is 11.6 Å². The molecule has 1 aliphatic carbocycles. The maximum Gasteiger partial charge on any atom is 0.0438 e. The molecule has 1 unspecified atom stereocenters. The molecular weight excluding hydrogens is 218 g/mol. The van der Waals surface area contributed by atoms with Gasteiger partial charge in [-0.15, -0.1) is 0 Å². The maximum absolute atomic E-state index is 6.24. The second kappa shape index (κ2) is 5.20. The summed E-state index contributed by atoms with van der Waals surface area (Å²) in [5.41, 5.74) is 8.54. The maximum atomic E-state index is 6.24. The molecule has 1 aliphatic rings. The van der Waals surface area contributed by atoms with E-state index < -0.39 is 0 Å². The van der Waals surface area contributed by atoms with Crippen LogP contribution in [-0.4, -0.2) is 0 Å². The minimum Gasteiger partial charge on any atom is -0.324 e. The molecule has 1 fully saturated rings. The molecule has 2 rings (SSSR count). The minimum absolute atomic E-state index is 0.154. The summed E-state index contributed by atoms with van der Waals surface area (Å²) in [5.74, 6) is 0.829. The first-order valence-electron chi connectivity index (χ1n) is 6.18. The summed E-state index contributed by atoms with van der Waals surface area (Å²) in [4.78, 5) is 0. The molecule has 0 radical (unpaired) electrons. The second-order valence-corrected chi connectivity index (χ2v) is 5.41. The van der Waals surface area contributed by atoms with E-state index in [-0.39, 0.29) is 6.04 Å². The van der Waals surface area contributed by atoms with Gasteiger partial charge in [-0.05, 0) is 36.5 Å². The monoisotopic (exact) mass is 237 g/mol. The van der Waals surface area contributed by atoms with Crippen LogP contribution in [0.15, 0.2) is 18.2 Å². The number of hydrogen-bond donors (Lipinski definition) is 1. The SMILES string of the molecule is Cc1ccc(C(N)CC2CCCC2)cc1Cl. The van der Waals surface area contributed by atoms with Crippen LogP contribution in [0.5, 0.6) is 0 Å². The Hall–Kier alpha value is -0.530. The van der Waals surface area contributed by atoms with Gasteiger partial charge in [0.25, 0.3) is 0 Å².